The number of ether oxygens (including phenoxy) is 1. The van der Waals surface area contributed by atoms with E-state index in [1.165, 1.54) is 0 Å². The Hall–Kier alpha value is -2.84. The summed E-state index contributed by atoms with van der Waals surface area (Å²) in [6, 6.07) is 18.1. The molecule has 1 saturated heterocycles. The molecule has 30 heavy (non-hydrogen) atoms. The third kappa shape index (κ3) is 3.26. The van der Waals surface area contributed by atoms with Gasteiger partial charge >= 0.3 is 0 Å². The van der Waals surface area contributed by atoms with E-state index in [1.54, 1.807) is 0 Å². The molecule has 0 amide bonds. The molecule has 0 spiro atoms. The zero-order valence-corrected chi connectivity index (χ0v) is 16.7. The number of aliphatic hydroxyl groups is 2. The largest absolute Gasteiger partial charge is 0.394 e. The maximum Gasteiger partial charge on any atom is 0.161 e. The zero-order valence-electron chi connectivity index (χ0n) is 16.7. The quantitative estimate of drug-likeness (QED) is 0.474. The highest BCUT2D eigenvalue weighted by Gasteiger charge is 2.36. The van der Waals surface area contributed by atoms with Crippen LogP contribution in [0.5, 0.6) is 0 Å². The standard InChI is InChI=1S/C23H24N4O3/c1-24-12-14-6-8-17-19(10-14)27(22-11-20(29)21(13-28)30-22)23(26-17)18-9-7-15-4-2-3-5-16(15)25-18/h2-10,20-22,24,28-29H,11-13H2,1H3/t20?,21-,22+/m1/s1. The summed E-state index contributed by atoms with van der Waals surface area (Å²) in [5.74, 6) is 0.688. The van der Waals surface area contributed by atoms with E-state index in [9.17, 15) is 10.2 Å². The maximum atomic E-state index is 10.3. The number of para-hydroxylation sites is 1. The molecule has 5 rings (SSSR count). The van der Waals surface area contributed by atoms with Crippen molar-refractivity contribution in [3.8, 4) is 11.5 Å². The number of pyridine rings is 1. The van der Waals surface area contributed by atoms with Crippen molar-refractivity contribution in [1.29, 1.82) is 0 Å². The lowest BCUT2D eigenvalue weighted by atomic mass is 10.1. The molecular formula is C23H24N4O3. The average Bonchev–Trinajstić information content (AvgIpc) is 3.33. The van der Waals surface area contributed by atoms with E-state index in [0.717, 1.165) is 39.7 Å². The van der Waals surface area contributed by atoms with Gasteiger partial charge in [0.15, 0.2) is 5.82 Å². The van der Waals surface area contributed by atoms with Crippen molar-refractivity contribution in [3.63, 3.8) is 0 Å². The summed E-state index contributed by atoms with van der Waals surface area (Å²) >= 11 is 0. The number of nitrogens with one attached hydrogen (secondary N) is 1. The van der Waals surface area contributed by atoms with Crippen molar-refractivity contribution in [2.24, 2.45) is 0 Å². The van der Waals surface area contributed by atoms with Gasteiger partial charge in [-0.3, -0.25) is 4.57 Å². The number of hydrogen-bond acceptors (Lipinski definition) is 6. The van der Waals surface area contributed by atoms with Crippen molar-refractivity contribution in [2.45, 2.75) is 31.4 Å². The summed E-state index contributed by atoms with van der Waals surface area (Å²) in [5, 5.41) is 24.1. The molecule has 4 aromatic rings. The Balaban J connectivity index is 1.70. The van der Waals surface area contributed by atoms with Crippen LogP contribution in [0.1, 0.15) is 18.2 Å². The van der Waals surface area contributed by atoms with Crippen molar-refractivity contribution in [3.05, 3.63) is 60.2 Å². The molecule has 7 heteroatoms. The van der Waals surface area contributed by atoms with Crippen LogP contribution in [0.4, 0.5) is 0 Å². The van der Waals surface area contributed by atoms with Gasteiger partial charge in [-0.05, 0) is 36.9 Å². The summed E-state index contributed by atoms with van der Waals surface area (Å²) in [4.78, 5) is 9.69. The van der Waals surface area contributed by atoms with Gasteiger partial charge in [0.1, 0.15) is 18.0 Å². The highest BCUT2D eigenvalue weighted by atomic mass is 16.5. The smallest absolute Gasteiger partial charge is 0.161 e. The number of imidazole rings is 1. The molecule has 1 unspecified atom stereocenters. The van der Waals surface area contributed by atoms with Gasteiger partial charge in [0.05, 0.1) is 29.3 Å². The number of aromatic nitrogens is 3. The number of benzene rings is 2. The maximum absolute atomic E-state index is 10.3. The molecule has 2 aromatic heterocycles. The van der Waals surface area contributed by atoms with E-state index >= 15 is 0 Å². The monoisotopic (exact) mass is 404 g/mol. The Bertz CT molecular complexity index is 1210. The average molecular weight is 404 g/mol. The molecule has 0 aliphatic carbocycles. The van der Waals surface area contributed by atoms with Crippen LogP contribution in [0.2, 0.25) is 0 Å². The lowest BCUT2D eigenvalue weighted by Crippen LogP contribution is -2.24. The van der Waals surface area contributed by atoms with Gasteiger partial charge in [0.25, 0.3) is 0 Å². The lowest BCUT2D eigenvalue weighted by molar-refractivity contribution is -0.0425. The van der Waals surface area contributed by atoms with Crippen LogP contribution in [-0.2, 0) is 11.3 Å². The zero-order chi connectivity index (χ0) is 20.7. The highest BCUT2D eigenvalue weighted by Crippen LogP contribution is 2.36. The Labute approximate surface area is 174 Å². The highest BCUT2D eigenvalue weighted by molar-refractivity contribution is 5.84. The van der Waals surface area contributed by atoms with Gasteiger partial charge in [-0.25, -0.2) is 9.97 Å². The molecule has 1 fully saturated rings. The molecule has 3 heterocycles. The molecule has 1 aliphatic heterocycles. The summed E-state index contributed by atoms with van der Waals surface area (Å²) in [6.45, 7) is 0.511. The van der Waals surface area contributed by atoms with Crippen LogP contribution in [0.15, 0.2) is 54.6 Å². The minimum atomic E-state index is -0.727. The molecule has 2 aromatic carbocycles. The van der Waals surface area contributed by atoms with Crippen LogP contribution >= 0.6 is 0 Å². The first-order valence-electron chi connectivity index (χ1n) is 10.1. The summed E-state index contributed by atoms with van der Waals surface area (Å²) in [7, 11) is 1.91. The Morgan fingerprint density at radius 2 is 1.97 bits per heavy atom. The predicted octanol–water partition coefficient (Wildman–Crippen LogP) is 2.61. The molecule has 3 atom stereocenters. The van der Waals surface area contributed by atoms with E-state index in [-0.39, 0.29) is 6.61 Å². The Kier molecular flexibility index (Phi) is 4.96. The molecule has 3 N–H and O–H groups in total. The molecule has 0 bridgehead atoms. The number of fused-ring (bicyclic) bond motifs is 2. The third-order valence-electron chi connectivity index (χ3n) is 5.63. The number of rotatable bonds is 5. The van der Waals surface area contributed by atoms with E-state index < -0.39 is 18.4 Å². The van der Waals surface area contributed by atoms with Crippen molar-refractivity contribution < 1.29 is 14.9 Å². The number of nitrogens with zero attached hydrogens (tertiary/aromatic N) is 3. The summed E-state index contributed by atoms with van der Waals surface area (Å²) < 4.78 is 8.01. The normalized spacial score (nSPS) is 21.6. The molecule has 7 nitrogen and oxygen atoms in total. The summed E-state index contributed by atoms with van der Waals surface area (Å²) in [5.41, 5.74) is 4.52. The van der Waals surface area contributed by atoms with Gasteiger partial charge in [0.2, 0.25) is 0 Å². The van der Waals surface area contributed by atoms with Gasteiger partial charge in [-0.15, -0.1) is 0 Å². The first-order chi connectivity index (χ1) is 14.7. The van der Waals surface area contributed by atoms with Gasteiger partial charge in [0, 0.05) is 18.4 Å². The second-order valence-corrected chi connectivity index (χ2v) is 7.66. The van der Waals surface area contributed by atoms with Crippen LogP contribution in [0.3, 0.4) is 0 Å². The van der Waals surface area contributed by atoms with E-state index in [0.29, 0.717) is 12.2 Å². The second kappa shape index (κ2) is 7.77. The van der Waals surface area contributed by atoms with Crippen molar-refractivity contribution in [2.75, 3.05) is 13.7 Å². The van der Waals surface area contributed by atoms with E-state index in [2.05, 4.69) is 17.4 Å². The SMILES string of the molecule is CNCc1ccc2nc(-c3ccc4ccccc4n3)n([C@@H]3CC(O)[C@@H](CO)O3)c2c1. The van der Waals surface area contributed by atoms with Crippen molar-refractivity contribution in [1.82, 2.24) is 19.9 Å². The minimum Gasteiger partial charge on any atom is -0.394 e. The molecule has 0 radical (unpaired) electrons. The number of aliphatic hydroxyl groups excluding tert-OH is 2. The fourth-order valence-corrected chi connectivity index (χ4v) is 4.15. The van der Waals surface area contributed by atoms with Crippen LogP contribution in [0, 0.1) is 0 Å². The van der Waals surface area contributed by atoms with Gasteiger partial charge in [-0.2, -0.15) is 0 Å². The second-order valence-electron chi connectivity index (χ2n) is 7.66. The van der Waals surface area contributed by atoms with Crippen molar-refractivity contribution >= 4 is 21.9 Å². The van der Waals surface area contributed by atoms with Gasteiger partial charge < -0.3 is 20.3 Å². The first kappa shape index (κ1) is 19.1. The van der Waals surface area contributed by atoms with Crippen LogP contribution < -0.4 is 5.32 Å². The topological polar surface area (TPSA) is 92.4 Å². The molecular weight excluding hydrogens is 380 g/mol. The molecule has 0 saturated carbocycles. The first-order valence-corrected chi connectivity index (χ1v) is 10.1. The fraction of sp³-hybridized carbons (Fsp3) is 0.304. The molecule has 154 valence electrons. The predicted molar refractivity (Wildman–Crippen MR) is 115 cm³/mol. The van der Waals surface area contributed by atoms with Crippen LogP contribution in [0.25, 0.3) is 33.5 Å². The number of hydrogen-bond donors (Lipinski definition) is 3. The van der Waals surface area contributed by atoms with Crippen LogP contribution in [-0.4, -0.2) is 50.6 Å². The lowest BCUT2D eigenvalue weighted by Gasteiger charge is -2.17. The Morgan fingerprint density at radius 3 is 2.77 bits per heavy atom. The third-order valence-corrected chi connectivity index (χ3v) is 5.63. The van der Waals surface area contributed by atoms with E-state index in [4.69, 9.17) is 14.7 Å². The van der Waals surface area contributed by atoms with E-state index in [1.807, 2.05) is 54.1 Å². The fourth-order valence-electron chi connectivity index (χ4n) is 4.15. The summed E-state index contributed by atoms with van der Waals surface area (Å²) in [6.07, 6.45) is -1.39. The minimum absolute atomic E-state index is 0.223. The molecule has 1 aliphatic rings. The Morgan fingerprint density at radius 1 is 1.10 bits per heavy atom. The van der Waals surface area contributed by atoms with Gasteiger partial charge in [-0.1, -0.05) is 30.3 Å².